The minimum absolute atomic E-state index is 0.247. The van der Waals surface area contributed by atoms with Crippen molar-refractivity contribution in [3.05, 3.63) is 82.3 Å². The topological polar surface area (TPSA) is 12.9 Å². The first-order chi connectivity index (χ1) is 11.5. The van der Waals surface area contributed by atoms with E-state index in [0.717, 1.165) is 34.0 Å². The minimum atomic E-state index is -0.247. The number of hydrogen-bond acceptors (Lipinski definition) is 1. The Morgan fingerprint density at radius 3 is 2.71 bits per heavy atom. The third-order valence-corrected chi connectivity index (χ3v) is 4.74. The molecule has 1 heterocycles. The number of aryl methyl sites for hydroxylation is 2. The van der Waals surface area contributed by atoms with E-state index >= 15 is 0 Å². The standard InChI is InChI=1S/C21H19ClFN/c1-13(2)18-12-24-21-11-15(7-9-16(21)14(18)3)8-10-17-19(22)5-4-6-20(17)23/h4-7,9,11-12H,1,8,10H2,2-3H3. The van der Waals surface area contributed by atoms with E-state index in [4.69, 9.17) is 11.6 Å². The second-order valence-electron chi connectivity index (χ2n) is 6.13. The van der Waals surface area contributed by atoms with E-state index in [1.807, 2.05) is 13.1 Å². The van der Waals surface area contributed by atoms with Crippen LogP contribution in [0.1, 0.15) is 29.2 Å². The molecule has 0 bridgehead atoms. The molecule has 0 N–H and O–H groups in total. The SMILES string of the molecule is C=C(C)c1cnc2cc(CCc3c(F)cccc3Cl)ccc2c1C. The molecule has 24 heavy (non-hydrogen) atoms. The number of rotatable bonds is 4. The molecule has 0 amide bonds. The van der Waals surface area contributed by atoms with Gasteiger partial charge in [-0.1, -0.05) is 36.4 Å². The lowest BCUT2D eigenvalue weighted by Gasteiger charge is -2.10. The number of fused-ring (bicyclic) bond motifs is 1. The molecule has 2 aromatic carbocycles. The van der Waals surface area contributed by atoms with Gasteiger partial charge < -0.3 is 0 Å². The smallest absolute Gasteiger partial charge is 0.127 e. The number of hydrogen-bond donors (Lipinski definition) is 0. The van der Waals surface area contributed by atoms with Gasteiger partial charge in [0.1, 0.15) is 5.82 Å². The van der Waals surface area contributed by atoms with Crippen molar-refractivity contribution in [2.75, 3.05) is 0 Å². The summed E-state index contributed by atoms with van der Waals surface area (Å²) in [6.45, 7) is 8.08. The number of nitrogens with zero attached hydrogens (tertiary/aromatic N) is 1. The van der Waals surface area contributed by atoms with Crippen LogP contribution in [0.5, 0.6) is 0 Å². The average Bonchev–Trinajstić information content (AvgIpc) is 2.54. The van der Waals surface area contributed by atoms with Crippen molar-refractivity contribution >= 4 is 28.1 Å². The third-order valence-electron chi connectivity index (χ3n) is 4.39. The van der Waals surface area contributed by atoms with Crippen LogP contribution in [-0.4, -0.2) is 4.98 Å². The fourth-order valence-electron chi connectivity index (χ4n) is 3.00. The Labute approximate surface area is 146 Å². The van der Waals surface area contributed by atoms with Gasteiger partial charge in [0.15, 0.2) is 0 Å². The number of allylic oxidation sites excluding steroid dienone is 1. The largest absolute Gasteiger partial charge is 0.256 e. The predicted molar refractivity (Wildman–Crippen MR) is 100 cm³/mol. The van der Waals surface area contributed by atoms with E-state index in [-0.39, 0.29) is 5.82 Å². The normalized spacial score (nSPS) is 11.0. The van der Waals surface area contributed by atoms with Crippen molar-refractivity contribution in [3.63, 3.8) is 0 Å². The van der Waals surface area contributed by atoms with Crippen LogP contribution in [0.15, 0.2) is 49.2 Å². The highest BCUT2D eigenvalue weighted by molar-refractivity contribution is 6.31. The molecule has 0 fully saturated rings. The number of pyridine rings is 1. The van der Waals surface area contributed by atoms with Gasteiger partial charge >= 0.3 is 0 Å². The zero-order valence-corrected chi connectivity index (χ0v) is 14.6. The van der Waals surface area contributed by atoms with Crippen LogP contribution in [0.2, 0.25) is 5.02 Å². The molecule has 0 spiro atoms. The van der Waals surface area contributed by atoms with Crippen molar-refractivity contribution in [1.29, 1.82) is 0 Å². The fraction of sp³-hybridized carbons (Fsp3) is 0.190. The van der Waals surface area contributed by atoms with E-state index in [0.29, 0.717) is 17.0 Å². The molecular weight excluding hydrogens is 321 g/mol. The molecule has 3 heteroatoms. The highest BCUT2D eigenvalue weighted by Gasteiger charge is 2.09. The van der Waals surface area contributed by atoms with Gasteiger partial charge in [0.25, 0.3) is 0 Å². The molecule has 0 aliphatic heterocycles. The quantitative estimate of drug-likeness (QED) is 0.555. The second kappa shape index (κ2) is 6.74. The molecule has 1 aromatic heterocycles. The van der Waals surface area contributed by atoms with Crippen LogP contribution in [-0.2, 0) is 12.8 Å². The van der Waals surface area contributed by atoms with Gasteiger partial charge in [-0.25, -0.2) is 4.39 Å². The molecule has 3 rings (SSSR count). The Hall–Kier alpha value is -2.19. The number of halogens is 2. The Morgan fingerprint density at radius 2 is 2.00 bits per heavy atom. The summed E-state index contributed by atoms with van der Waals surface area (Å²) < 4.78 is 13.9. The van der Waals surface area contributed by atoms with Crippen LogP contribution in [0.4, 0.5) is 4.39 Å². The van der Waals surface area contributed by atoms with Gasteiger partial charge in [-0.2, -0.15) is 0 Å². The summed E-state index contributed by atoms with van der Waals surface area (Å²) in [6.07, 6.45) is 3.16. The first kappa shape index (κ1) is 16.7. The van der Waals surface area contributed by atoms with E-state index in [1.165, 1.54) is 11.6 Å². The molecule has 0 saturated carbocycles. The van der Waals surface area contributed by atoms with E-state index in [1.54, 1.807) is 12.1 Å². The predicted octanol–water partition coefficient (Wildman–Crippen LogP) is 6.15. The van der Waals surface area contributed by atoms with Gasteiger partial charge in [0, 0.05) is 22.2 Å². The van der Waals surface area contributed by atoms with Crippen molar-refractivity contribution < 1.29 is 4.39 Å². The van der Waals surface area contributed by atoms with Crippen molar-refractivity contribution in [2.24, 2.45) is 0 Å². The Morgan fingerprint density at radius 1 is 1.21 bits per heavy atom. The maximum atomic E-state index is 13.9. The average molecular weight is 340 g/mol. The Kier molecular flexibility index (Phi) is 4.68. The zero-order chi connectivity index (χ0) is 17.3. The molecule has 3 aromatic rings. The van der Waals surface area contributed by atoms with Crippen molar-refractivity contribution in [1.82, 2.24) is 4.98 Å². The Balaban J connectivity index is 1.89. The molecule has 0 saturated heterocycles. The lowest BCUT2D eigenvalue weighted by atomic mass is 9.98. The van der Waals surface area contributed by atoms with Crippen LogP contribution >= 0.6 is 11.6 Å². The molecule has 0 atom stereocenters. The van der Waals surface area contributed by atoms with Crippen LogP contribution in [0.3, 0.4) is 0 Å². The number of benzene rings is 2. The second-order valence-corrected chi connectivity index (χ2v) is 6.54. The van der Waals surface area contributed by atoms with E-state index in [2.05, 4.69) is 36.7 Å². The van der Waals surface area contributed by atoms with E-state index < -0.39 is 0 Å². The minimum Gasteiger partial charge on any atom is -0.256 e. The summed E-state index contributed by atoms with van der Waals surface area (Å²) in [5.74, 6) is -0.247. The van der Waals surface area contributed by atoms with Gasteiger partial charge in [-0.15, -0.1) is 0 Å². The van der Waals surface area contributed by atoms with Gasteiger partial charge in [0.05, 0.1) is 5.52 Å². The maximum Gasteiger partial charge on any atom is 0.127 e. The molecule has 122 valence electrons. The maximum absolute atomic E-state index is 13.9. The first-order valence-corrected chi connectivity index (χ1v) is 8.32. The molecule has 0 radical (unpaired) electrons. The van der Waals surface area contributed by atoms with Crippen molar-refractivity contribution in [2.45, 2.75) is 26.7 Å². The van der Waals surface area contributed by atoms with Crippen LogP contribution < -0.4 is 0 Å². The summed E-state index contributed by atoms with van der Waals surface area (Å²) in [4.78, 5) is 4.55. The molecule has 0 aliphatic carbocycles. The summed E-state index contributed by atoms with van der Waals surface area (Å²) >= 11 is 6.10. The molecule has 0 unspecified atom stereocenters. The molecule has 1 nitrogen and oxygen atoms in total. The third kappa shape index (κ3) is 3.20. The van der Waals surface area contributed by atoms with Crippen molar-refractivity contribution in [3.8, 4) is 0 Å². The monoisotopic (exact) mass is 339 g/mol. The highest BCUT2D eigenvalue weighted by atomic mass is 35.5. The van der Waals surface area contributed by atoms with E-state index in [9.17, 15) is 4.39 Å². The highest BCUT2D eigenvalue weighted by Crippen LogP contribution is 2.26. The first-order valence-electron chi connectivity index (χ1n) is 7.94. The summed E-state index contributed by atoms with van der Waals surface area (Å²) in [6, 6.07) is 11.0. The fourth-order valence-corrected chi connectivity index (χ4v) is 3.26. The summed E-state index contributed by atoms with van der Waals surface area (Å²) in [7, 11) is 0. The van der Waals surface area contributed by atoms with Gasteiger partial charge in [-0.3, -0.25) is 4.98 Å². The van der Waals surface area contributed by atoms with Crippen LogP contribution in [0, 0.1) is 12.7 Å². The Bertz CT molecular complexity index is 910. The lowest BCUT2D eigenvalue weighted by Crippen LogP contribution is -1.97. The zero-order valence-electron chi connectivity index (χ0n) is 13.9. The summed E-state index contributed by atoms with van der Waals surface area (Å²) in [5, 5.41) is 1.61. The van der Waals surface area contributed by atoms with Gasteiger partial charge in [-0.05, 0) is 67.2 Å². The summed E-state index contributed by atoms with van der Waals surface area (Å²) in [5.41, 5.74) is 5.94. The number of aromatic nitrogens is 1. The van der Waals surface area contributed by atoms with Crippen LogP contribution in [0.25, 0.3) is 16.5 Å². The molecular formula is C21H19ClFN. The lowest BCUT2D eigenvalue weighted by molar-refractivity contribution is 0.609. The molecule has 0 aliphatic rings. The van der Waals surface area contributed by atoms with Gasteiger partial charge in [0.2, 0.25) is 0 Å².